The summed E-state index contributed by atoms with van der Waals surface area (Å²) in [6.45, 7) is 2.55. The summed E-state index contributed by atoms with van der Waals surface area (Å²) < 4.78 is 0. The maximum atomic E-state index is 11.6. The van der Waals surface area contributed by atoms with Gasteiger partial charge in [-0.3, -0.25) is 4.79 Å². The van der Waals surface area contributed by atoms with E-state index < -0.39 is 0 Å². The van der Waals surface area contributed by atoms with Gasteiger partial charge in [-0.1, -0.05) is 30.3 Å². The van der Waals surface area contributed by atoms with Crippen LogP contribution in [0.1, 0.15) is 16.7 Å². The topological polar surface area (TPSA) is 55.1 Å². The van der Waals surface area contributed by atoms with E-state index in [2.05, 4.69) is 29.6 Å². The van der Waals surface area contributed by atoms with Gasteiger partial charge in [-0.25, -0.2) is 0 Å². The summed E-state index contributed by atoms with van der Waals surface area (Å²) in [5.74, 6) is 0.0699. The fourth-order valence-electron chi connectivity index (χ4n) is 2.60. The lowest BCUT2D eigenvalue weighted by molar-refractivity contribution is -0.115. The average molecular weight is 252 g/mol. The zero-order chi connectivity index (χ0) is 13.4. The molecule has 96 valence electrons. The predicted molar refractivity (Wildman–Crippen MR) is 76.8 cm³/mol. The summed E-state index contributed by atoms with van der Waals surface area (Å²) in [4.78, 5) is 11.6. The molecular formula is C16H16N2O. The van der Waals surface area contributed by atoms with Gasteiger partial charge in [-0.2, -0.15) is 0 Å². The third kappa shape index (κ3) is 2.02. The molecule has 3 nitrogen and oxygen atoms in total. The Kier molecular flexibility index (Phi) is 2.84. The van der Waals surface area contributed by atoms with Gasteiger partial charge in [0.1, 0.15) is 0 Å². The van der Waals surface area contributed by atoms with Gasteiger partial charge in [0.15, 0.2) is 0 Å². The maximum Gasteiger partial charge on any atom is 0.228 e. The molecule has 0 atom stereocenters. The first-order valence-electron chi connectivity index (χ1n) is 6.41. The number of aryl methyl sites for hydroxylation is 1. The summed E-state index contributed by atoms with van der Waals surface area (Å²) in [6.07, 6.45) is 0.458. The molecule has 1 heterocycles. The van der Waals surface area contributed by atoms with Crippen LogP contribution in [0.5, 0.6) is 0 Å². The third-order valence-electron chi connectivity index (χ3n) is 3.60. The second-order valence-electron chi connectivity index (χ2n) is 4.91. The first kappa shape index (κ1) is 11.9. The Morgan fingerprint density at radius 3 is 2.89 bits per heavy atom. The Labute approximate surface area is 112 Å². The maximum absolute atomic E-state index is 11.6. The zero-order valence-electron chi connectivity index (χ0n) is 10.9. The molecule has 2 aromatic rings. The Bertz CT molecular complexity index is 662. The minimum atomic E-state index is 0.0699. The smallest absolute Gasteiger partial charge is 0.228 e. The Hall–Kier alpha value is -2.13. The zero-order valence-corrected chi connectivity index (χ0v) is 10.9. The second kappa shape index (κ2) is 4.52. The highest BCUT2D eigenvalue weighted by Crippen LogP contribution is 2.35. The van der Waals surface area contributed by atoms with Crippen LogP contribution in [0.15, 0.2) is 36.4 Å². The molecular weight excluding hydrogens is 236 g/mol. The van der Waals surface area contributed by atoms with Crippen molar-refractivity contribution in [2.45, 2.75) is 19.9 Å². The van der Waals surface area contributed by atoms with Gasteiger partial charge in [-0.05, 0) is 40.8 Å². The average Bonchev–Trinajstić information content (AvgIpc) is 2.82. The van der Waals surface area contributed by atoms with Crippen LogP contribution < -0.4 is 11.1 Å². The lowest BCUT2D eigenvalue weighted by atomic mass is 9.94. The highest BCUT2D eigenvalue weighted by molar-refractivity contribution is 6.02. The first-order chi connectivity index (χ1) is 9.19. The molecule has 0 aromatic heterocycles. The fraction of sp³-hybridized carbons (Fsp3) is 0.188. The van der Waals surface area contributed by atoms with Crippen molar-refractivity contribution in [3.63, 3.8) is 0 Å². The van der Waals surface area contributed by atoms with Crippen LogP contribution in [-0.2, 0) is 17.8 Å². The van der Waals surface area contributed by atoms with Crippen molar-refractivity contribution in [2.24, 2.45) is 5.73 Å². The molecule has 1 amide bonds. The molecule has 0 aliphatic carbocycles. The van der Waals surface area contributed by atoms with E-state index in [1.54, 1.807) is 0 Å². The lowest BCUT2D eigenvalue weighted by Gasteiger charge is -2.11. The van der Waals surface area contributed by atoms with Crippen molar-refractivity contribution in [3.8, 4) is 11.1 Å². The number of carbonyl (C=O) groups excluding carboxylic acids is 1. The Morgan fingerprint density at radius 2 is 2.11 bits per heavy atom. The number of amides is 1. The molecule has 3 heteroatoms. The van der Waals surface area contributed by atoms with Gasteiger partial charge < -0.3 is 11.1 Å². The lowest BCUT2D eigenvalue weighted by Crippen LogP contribution is -2.04. The molecule has 1 aliphatic heterocycles. The van der Waals surface area contributed by atoms with E-state index in [4.69, 9.17) is 5.73 Å². The predicted octanol–water partition coefficient (Wildman–Crippen LogP) is 2.62. The normalized spacial score (nSPS) is 13.3. The highest BCUT2D eigenvalue weighted by Gasteiger charge is 2.22. The molecule has 0 fully saturated rings. The fourth-order valence-corrected chi connectivity index (χ4v) is 2.60. The van der Waals surface area contributed by atoms with Crippen LogP contribution in [0.2, 0.25) is 0 Å². The number of fused-ring (bicyclic) bond motifs is 1. The van der Waals surface area contributed by atoms with Crippen molar-refractivity contribution < 1.29 is 4.79 Å². The number of carbonyl (C=O) groups is 1. The quantitative estimate of drug-likeness (QED) is 0.863. The third-order valence-corrected chi connectivity index (χ3v) is 3.60. The van der Waals surface area contributed by atoms with E-state index in [0.29, 0.717) is 13.0 Å². The summed E-state index contributed by atoms with van der Waals surface area (Å²) in [5.41, 5.74) is 12.2. The van der Waals surface area contributed by atoms with Crippen molar-refractivity contribution in [3.05, 3.63) is 53.1 Å². The minimum Gasteiger partial charge on any atom is -0.326 e. The highest BCUT2D eigenvalue weighted by atomic mass is 16.1. The summed E-state index contributed by atoms with van der Waals surface area (Å²) in [5, 5.41) is 2.94. The molecule has 0 bridgehead atoms. The SMILES string of the molecule is Cc1ccc(-c2cccc(CN)c2)c2c1NC(=O)C2. The van der Waals surface area contributed by atoms with Gasteiger partial charge in [0.2, 0.25) is 5.91 Å². The molecule has 2 aromatic carbocycles. The monoisotopic (exact) mass is 252 g/mol. The molecule has 0 saturated carbocycles. The molecule has 3 rings (SSSR count). The van der Waals surface area contributed by atoms with Crippen LogP contribution in [0.25, 0.3) is 11.1 Å². The van der Waals surface area contributed by atoms with Crippen LogP contribution in [0.3, 0.4) is 0 Å². The molecule has 0 unspecified atom stereocenters. The molecule has 0 spiro atoms. The van der Waals surface area contributed by atoms with E-state index >= 15 is 0 Å². The molecule has 3 N–H and O–H groups in total. The molecule has 0 radical (unpaired) electrons. The van der Waals surface area contributed by atoms with Gasteiger partial charge >= 0.3 is 0 Å². The number of nitrogens with one attached hydrogen (secondary N) is 1. The van der Waals surface area contributed by atoms with Crippen molar-refractivity contribution in [1.82, 2.24) is 0 Å². The summed E-state index contributed by atoms with van der Waals surface area (Å²) >= 11 is 0. The number of nitrogens with two attached hydrogens (primary N) is 1. The van der Waals surface area contributed by atoms with Crippen LogP contribution in [0.4, 0.5) is 5.69 Å². The standard InChI is InChI=1S/C16H16N2O/c1-10-5-6-13(14-8-15(19)18-16(10)14)12-4-2-3-11(7-12)9-17/h2-7H,8-9,17H2,1H3,(H,18,19). The Morgan fingerprint density at radius 1 is 1.26 bits per heavy atom. The minimum absolute atomic E-state index is 0.0699. The van der Waals surface area contributed by atoms with Gasteiger partial charge in [-0.15, -0.1) is 0 Å². The molecule has 0 saturated heterocycles. The van der Waals surface area contributed by atoms with Crippen LogP contribution in [0, 0.1) is 6.92 Å². The van der Waals surface area contributed by atoms with E-state index in [-0.39, 0.29) is 5.91 Å². The number of benzene rings is 2. The largest absolute Gasteiger partial charge is 0.326 e. The first-order valence-corrected chi connectivity index (χ1v) is 6.41. The van der Waals surface area contributed by atoms with Gasteiger partial charge in [0.05, 0.1) is 6.42 Å². The van der Waals surface area contributed by atoms with Crippen LogP contribution in [-0.4, -0.2) is 5.91 Å². The van der Waals surface area contributed by atoms with E-state index in [1.807, 2.05) is 19.1 Å². The summed E-state index contributed by atoms with van der Waals surface area (Å²) in [6, 6.07) is 12.3. The second-order valence-corrected chi connectivity index (χ2v) is 4.91. The van der Waals surface area contributed by atoms with Gasteiger partial charge in [0.25, 0.3) is 0 Å². The van der Waals surface area contributed by atoms with E-state index in [1.165, 1.54) is 0 Å². The summed E-state index contributed by atoms with van der Waals surface area (Å²) in [7, 11) is 0. The Balaban J connectivity index is 2.16. The number of hydrogen-bond acceptors (Lipinski definition) is 2. The van der Waals surface area contributed by atoms with Crippen molar-refractivity contribution in [2.75, 3.05) is 5.32 Å². The van der Waals surface area contributed by atoms with Crippen molar-refractivity contribution in [1.29, 1.82) is 0 Å². The van der Waals surface area contributed by atoms with Crippen molar-refractivity contribution >= 4 is 11.6 Å². The number of rotatable bonds is 2. The van der Waals surface area contributed by atoms with E-state index in [9.17, 15) is 4.79 Å². The molecule has 19 heavy (non-hydrogen) atoms. The molecule has 1 aliphatic rings. The number of hydrogen-bond donors (Lipinski definition) is 2. The van der Waals surface area contributed by atoms with E-state index in [0.717, 1.165) is 33.5 Å². The van der Waals surface area contributed by atoms with Crippen LogP contribution >= 0.6 is 0 Å². The number of anilines is 1. The van der Waals surface area contributed by atoms with Gasteiger partial charge in [0, 0.05) is 12.2 Å².